The first-order valence-corrected chi connectivity index (χ1v) is 7.87. The molecule has 2 fully saturated rings. The molecule has 0 radical (unpaired) electrons. The van der Waals surface area contributed by atoms with Gasteiger partial charge in [0.1, 0.15) is 0 Å². The molecule has 0 aromatic heterocycles. The molecular weight excluding hydrogens is 222 g/mol. The van der Waals surface area contributed by atoms with Crippen molar-refractivity contribution in [2.75, 3.05) is 53.4 Å². The normalized spacial score (nSPS) is 23.7. The highest BCUT2D eigenvalue weighted by atomic mass is 15.3. The topological polar surface area (TPSA) is 9.72 Å². The number of rotatable bonds is 1. The van der Waals surface area contributed by atoms with Gasteiger partial charge in [-0.05, 0) is 40.0 Å². The Bertz CT molecular complexity index is 149. The fourth-order valence-electron chi connectivity index (χ4n) is 2.55. The molecule has 0 aromatic carbocycles. The van der Waals surface area contributed by atoms with E-state index in [1.54, 1.807) is 0 Å². The lowest BCUT2D eigenvalue weighted by Gasteiger charge is -2.41. The summed E-state index contributed by atoms with van der Waals surface area (Å²) in [6, 6.07) is 0.875. The Balaban J connectivity index is 0.000000659. The summed E-state index contributed by atoms with van der Waals surface area (Å²) in [5.41, 5.74) is 0. The molecule has 2 saturated heterocycles. The average molecular weight is 257 g/mol. The van der Waals surface area contributed by atoms with Gasteiger partial charge in [-0.1, -0.05) is 27.7 Å². The van der Waals surface area contributed by atoms with Crippen LogP contribution in [0.4, 0.5) is 0 Å². The van der Waals surface area contributed by atoms with E-state index in [1.165, 1.54) is 52.1 Å². The zero-order chi connectivity index (χ0) is 14.0. The minimum Gasteiger partial charge on any atom is -0.306 e. The summed E-state index contributed by atoms with van der Waals surface area (Å²) >= 11 is 0. The van der Waals surface area contributed by atoms with Gasteiger partial charge in [-0.3, -0.25) is 4.90 Å². The third kappa shape index (κ3) is 6.17. The third-order valence-corrected chi connectivity index (χ3v) is 3.74. The van der Waals surface area contributed by atoms with Gasteiger partial charge in [-0.15, -0.1) is 0 Å². The van der Waals surface area contributed by atoms with Crippen molar-refractivity contribution in [3.63, 3.8) is 0 Å². The third-order valence-electron chi connectivity index (χ3n) is 3.74. The van der Waals surface area contributed by atoms with Crippen molar-refractivity contribution in [2.24, 2.45) is 0 Å². The SMILES string of the molecule is CC.CC.CN1CCC(N2CCN(C)CC2)CC1. The molecule has 0 aromatic rings. The maximum absolute atomic E-state index is 2.70. The fraction of sp³-hybridized carbons (Fsp3) is 1.00. The molecule has 3 nitrogen and oxygen atoms in total. The van der Waals surface area contributed by atoms with E-state index in [0.29, 0.717) is 0 Å². The van der Waals surface area contributed by atoms with E-state index in [0.717, 1.165) is 6.04 Å². The Morgan fingerprint density at radius 3 is 1.44 bits per heavy atom. The van der Waals surface area contributed by atoms with Gasteiger partial charge in [0.25, 0.3) is 0 Å². The monoisotopic (exact) mass is 257 g/mol. The summed E-state index contributed by atoms with van der Waals surface area (Å²) in [5.74, 6) is 0. The largest absolute Gasteiger partial charge is 0.306 e. The van der Waals surface area contributed by atoms with Gasteiger partial charge in [-0.2, -0.15) is 0 Å². The predicted molar refractivity (Wildman–Crippen MR) is 82.3 cm³/mol. The van der Waals surface area contributed by atoms with Crippen LogP contribution in [0.15, 0.2) is 0 Å². The number of nitrogens with zero attached hydrogens (tertiary/aromatic N) is 3. The van der Waals surface area contributed by atoms with E-state index >= 15 is 0 Å². The number of likely N-dealkylation sites (tertiary alicyclic amines) is 1. The summed E-state index contributed by atoms with van der Waals surface area (Å²) in [5, 5.41) is 0. The lowest BCUT2D eigenvalue weighted by atomic mass is 10.0. The van der Waals surface area contributed by atoms with E-state index in [9.17, 15) is 0 Å². The Labute approximate surface area is 115 Å². The smallest absolute Gasteiger partial charge is 0.0121 e. The van der Waals surface area contributed by atoms with Crippen LogP contribution in [0.25, 0.3) is 0 Å². The fourth-order valence-corrected chi connectivity index (χ4v) is 2.55. The van der Waals surface area contributed by atoms with Crippen molar-refractivity contribution in [1.82, 2.24) is 14.7 Å². The predicted octanol–water partition coefficient (Wildman–Crippen LogP) is 2.38. The van der Waals surface area contributed by atoms with Crippen LogP contribution < -0.4 is 0 Å². The van der Waals surface area contributed by atoms with Gasteiger partial charge in [0.05, 0.1) is 0 Å². The first kappa shape index (κ1) is 17.9. The molecule has 18 heavy (non-hydrogen) atoms. The summed E-state index contributed by atoms with van der Waals surface area (Å²) in [7, 11) is 4.46. The molecule has 0 atom stereocenters. The zero-order valence-electron chi connectivity index (χ0n) is 13.6. The van der Waals surface area contributed by atoms with Crippen LogP contribution in [0.1, 0.15) is 40.5 Å². The Kier molecular flexibility index (Phi) is 10.7. The molecular formula is C15H35N3. The molecule has 2 rings (SSSR count). The standard InChI is InChI=1S/C11H23N3.2C2H6/c1-12-5-3-11(4-6-12)14-9-7-13(2)8-10-14;2*1-2/h11H,3-10H2,1-2H3;2*1-2H3. The number of hydrogen-bond acceptors (Lipinski definition) is 3. The van der Waals surface area contributed by atoms with E-state index in [4.69, 9.17) is 0 Å². The molecule has 0 aliphatic carbocycles. The molecule has 0 saturated carbocycles. The first-order valence-electron chi connectivity index (χ1n) is 7.87. The lowest BCUT2D eigenvalue weighted by molar-refractivity contribution is 0.0742. The second-order valence-corrected chi connectivity index (χ2v) is 4.87. The molecule has 0 bridgehead atoms. The van der Waals surface area contributed by atoms with Crippen LogP contribution in [-0.4, -0.2) is 74.1 Å². The summed E-state index contributed by atoms with van der Waals surface area (Å²) in [4.78, 5) is 7.59. The van der Waals surface area contributed by atoms with Gasteiger partial charge in [0.2, 0.25) is 0 Å². The minimum atomic E-state index is 0.875. The molecule has 0 unspecified atom stereocenters. The second kappa shape index (κ2) is 10.8. The minimum absolute atomic E-state index is 0.875. The summed E-state index contributed by atoms with van der Waals surface area (Å²) in [6.07, 6.45) is 2.75. The molecule has 0 N–H and O–H groups in total. The molecule has 2 aliphatic rings. The van der Waals surface area contributed by atoms with Crippen LogP contribution in [0.5, 0.6) is 0 Å². The van der Waals surface area contributed by atoms with Crippen LogP contribution in [-0.2, 0) is 0 Å². The van der Waals surface area contributed by atoms with Gasteiger partial charge < -0.3 is 9.80 Å². The van der Waals surface area contributed by atoms with Crippen molar-refractivity contribution in [1.29, 1.82) is 0 Å². The number of likely N-dealkylation sites (N-methyl/N-ethyl adjacent to an activating group) is 1. The Morgan fingerprint density at radius 1 is 0.611 bits per heavy atom. The average Bonchev–Trinajstić information content (AvgIpc) is 2.45. The van der Waals surface area contributed by atoms with Crippen LogP contribution >= 0.6 is 0 Å². The molecule has 110 valence electrons. The van der Waals surface area contributed by atoms with Gasteiger partial charge >= 0.3 is 0 Å². The number of hydrogen-bond donors (Lipinski definition) is 0. The first-order chi connectivity index (χ1) is 8.75. The van der Waals surface area contributed by atoms with Gasteiger partial charge in [0.15, 0.2) is 0 Å². The highest BCUT2D eigenvalue weighted by molar-refractivity contribution is 4.81. The van der Waals surface area contributed by atoms with Crippen molar-refractivity contribution >= 4 is 0 Å². The van der Waals surface area contributed by atoms with Crippen LogP contribution in [0.2, 0.25) is 0 Å². The maximum atomic E-state index is 2.70. The van der Waals surface area contributed by atoms with E-state index < -0.39 is 0 Å². The molecule has 2 heterocycles. The molecule has 3 heteroatoms. The highest BCUT2D eigenvalue weighted by Crippen LogP contribution is 2.16. The number of piperidine rings is 1. The van der Waals surface area contributed by atoms with Crippen LogP contribution in [0.3, 0.4) is 0 Å². The van der Waals surface area contributed by atoms with E-state index in [2.05, 4.69) is 28.8 Å². The summed E-state index contributed by atoms with van der Waals surface area (Å²) < 4.78 is 0. The maximum Gasteiger partial charge on any atom is 0.0121 e. The second-order valence-electron chi connectivity index (χ2n) is 4.87. The molecule has 0 spiro atoms. The number of piperazine rings is 1. The Hall–Kier alpha value is -0.120. The molecule has 0 amide bonds. The zero-order valence-corrected chi connectivity index (χ0v) is 13.6. The highest BCUT2D eigenvalue weighted by Gasteiger charge is 2.25. The summed E-state index contributed by atoms with van der Waals surface area (Å²) in [6.45, 7) is 15.7. The van der Waals surface area contributed by atoms with Crippen molar-refractivity contribution in [3.05, 3.63) is 0 Å². The van der Waals surface area contributed by atoms with Crippen molar-refractivity contribution in [3.8, 4) is 0 Å². The van der Waals surface area contributed by atoms with Crippen molar-refractivity contribution < 1.29 is 0 Å². The Morgan fingerprint density at radius 2 is 1.00 bits per heavy atom. The van der Waals surface area contributed by atoms with Crippen LogP contribution in [0, 0.1) is 0 Å². The van der Waals surface area contributed by atoms with Gasteiger partial charge in [-0.25, -0.2) is 0 Å². The van der Waals surface area contributed by atoms with E-state index in [-0.39, 0.29) is 0 Å². The quantitative estimate of drug-likeness (QED) is 0.714. The van der Waals surface area contributed by atoms with Gasteiger partial charge in [0, 0.05) is 32.2 Å². The lowest BCUT2D eigenvalue weighted by Crippen LogP contribution is -2.51. The molecule has 2 aliphatic heterocycles. The van der Waals surface area contributed by atoms with Crippen molar-refractivity contribution in [2.45, 2.75) is 46.6 Å². The van der Waals surface area contributed by atoms with E-state index in [1.807, 2.05) is 27.7 Å².